The summed E-state index contributed by atoms with van der Waals surface area (Å²) in [7, 11) is -9.28. The standard InChI is InChI=1S/C28H42O.2H3O4P/c1-25(2,3)19-13-15-23(21(17-19)27(7,8)9)29-24-16-14-20(26(4,5)6)18-22(24)28(10,11)12;2*1-5(2,3)4/h13-18H,1-12H3;2*(H3,1,2,3,4). The normalized spacial score (nSPS) is 13.1. The zero-order valence-corrected chi connectivity index (χ0v) is 27.1. The van der Waals surface area contributed by atoms with Gasteiger partial charge in [-0.05, 0) is 44.9 Å². The van der Waals surface area contributed by atoms with E-state index in [4.69, 9.17) is 43.2 Å². The summed E-state index contributed by atoms with van der Waals surface area (Å²) in [6.07, 6.45) is 0. The maximum Gasteiger partial charge on any atom is 0.466 e. The summed E-state index contributed by atoms with van der Waals surface area (Å²) in [6, 6.07) is 13.4. The molecule has 2 rings (SSSR count). The molecule has 0 unspecified atom stereocenters. The van der Waals surface area contributed by atoms with Gasteiger partial charge in [0.05, 0.1) is 0 Å². The maximum absolute atomic E-state index is 8.88. The Morgan fingerprint density at radius 3 is 0.897 bits per heavy atom. The smallest absolute Gasteiger partial charge is 0.457 e. The highest BCUT2D eigenvalue weighted by atomic mass is 31.2. The van der Waals surface area contributed by atoms with Crippen molar-refractivity contribution in [1.82, 2.24) is 0 Å². The largest absolute Gasteiger partial charge is 0.466 e. The zero-order chi connectivity index (χ0) is 31.4. The average Bonchev–Trinajstić information content (AvgIpc) is 2.62. The van der Waals surface area contributed by atoms with Gasteiger partial charge in [0.2, 0.25) is 0 Å². The quantitative estimate of drug-likeness (QED) is 0.206. The predicted molar refractivity (Wildman–Crippen MR) is 156 cm³/mol. The molecule has 9 nitrogen and oxygen atoms in total. The fraction of sp³-hybridized carbons (Fsp3) is 0.571. The molecule has 0 aliphatic carbocycles. The van der Waals surface area contributed by atoms with Crippen LogP contribution in [0.5, 0.6) is 11.5 Å². The van der Waals surface area contributed by atoms with Gasteiger partial charge in [-0.15, -0.1) is 0 Å². The molecule has 11 heteroatoms. The van der Waals surface area contributed by atoms with E-state index in [2.05, 4.69) is 119 Å². The van der Waals surface area contributed by atoms with E-state index in [0.717, 1.165) is 11.5 Å². The van der Waals surface area contributed by atoms with Crippen molar-refractivity contribution in [1.29, 1.82) is 0 Å². The minimum Gasteiger partial charge on any atom is -0.457 e. The molecular weight excluding hydrogens is 542 g/mol. The molecule has 0 amide bonds. The Bertz CT molecular complexity index is 1070. The summed E-state index contributed by atoms with van der Waals surface area (Å²) in [6.45, 7) is 27.1. The molecule has 0 aliphatic heterocycles. The van der Waals surface area contributed by atoms with E-state index < -0.39 is 15.6 Å². The molecule has 0 aromatic heterocycles. The van der Waals surface area contributed by atoms with Crippen molar-refractivity contribution < 1.29 is 43.2 Å². The molecule has 6 N–H and O–H groups in total. The van der Waals surface area contributed by atoms with Crippen molar-refractivity contribution in [3.8, 4) is 11.5 Å². The minimum atomic E-state index is -4.64. The first kappa shape index (κ1) is 37.5. The molecule has 0 bridgehead atoms. The van der Waals surface area contributed by atoms with Gasteiger partial charge in [0.25, 0.3) is 0 Å². The number of ether oxygens (including phenoxy) is 1. The van der Waals surface area contributed by atoms with Gasteiger partial charge in [0, 0.05) is 11.1 Å². The van der Waals surface area contributed by atoms with Crippen molar-refractivity contribution in [3.63, 3.8) is 0 Å². The first-order valence-corrected chi connectivity index (χ1v) is 15.6. The van der Waals surface area contributed by atoms with E-state index in [9.17, 15) is 0 Å². The fourth-order valence-electron chi connectivity index (χ4n) is 3.46. The lowest BCUT2D eigenvalue weighted by molar-refractivity contribution is 0.272. The Morgan fingerprint density at radius 2 is 0.718 bits per heavy atom. The third-order valence-electron chi connectivity index (χ3n) is 5.53. The number of phosphoric acid groups is 2. The van der Waals surface area contributed by atoms with Crippen LogP contribution in [0.25, 0.3) is 0 Å². The molecule has 0 atom stereocenters. The molecule has 39 heavy (non-hydrogen) atoms. The number of benzene rings is 2. The van der Waals surface area contributed by atoms with E-state index in [1.165, 1.54) is 22.3 Å². The second-order valence-corrected chi connectivity index (χ2v) is 15.6. The van der Waals surface area contributed by atoms with Crippen molar-refractivity contribution in [2.45, 2.75) is 105 Å². The Hall–Kier alpha value is -1.54. The van der Waals surface area contributed by atoms with Crippen LogP contribution in [-0.2, 0) is 30.8 Å². The van der Waals surface area contributed by atoms with Crippen LogP contribution >= 0.6 is 15.6 Å². The van der Waals surface area contributed by atoms with Crippen molar-refractivity contribution in [3.05, 3.63) is 58.7 Å². The lowest BCUT2D eigenvalue weighted by Crippen LogP contribution is -2.19. The molecule has 0 radical (unpaired) electrons. The van der Waals surface area contributed by atoms with Crippen LogP contribution in [-0.4, -0.2) is 29.4 Å². The van der Waals surface area contributed by atoms with Gasteiger partial charge in [0.15, 0.2) is 0 Å². The Kier molecular flexibility index (Phi) is 12.5. The lowest BCUT2D eigenvalue weighted by atomic mass is 9.79. The molecule has 0 saturated heterocycles. The lowest BCUT2D eigenvalue weighted by Gasteiger charge is -2.30. The van der Waals surface area contributed by atoms with Crippen LogP contribution < -0.4 is 4.74 Å². The van der Waals surface area contributed by atoms with Crippen LogP contribution in [0.15, 0.2) is 36.4 Å². The number of hydrogen-bond donors (Lipinski definition) is 6. The fourth-order valence-corrected chi connectivity index (χ4v) is 3.46. The van der Waals surface area contributed by atoms with Gasteiger partial charge >= 0.3 is 15.6 Å². The van der Waals surface area contributed by atoms with Crippen molar-refractivity contribution in [2.75, 3.05) is 0 Å². The van der Waals surface area contributed by atoms with Crippen LogP contribution in [0.2, 0.25) is 0 Å². The SMILES string of the molecule is CC(C)(C)c1ccc(Oc2ccc(C(C)(C)C)cc2C(C)(C)C)c(C(C)(C)C)c1.O=P(O)(O)O.O=P(O)(O)O. The summed E-state index contributed by atoms with van der Waals surface area (Å²) in [5.74, 6) is 1.92. The summed E-state index contributed by atoms with van der Waals surface area (Å²) in [4.78, 5) is 43.1. The minimum absolute atomic E-state index is 0.00381. The second kappa shape index (κ2) is 13.0. The van der Waals surface area contributed by atoms with E-state index >= 15 is 0 Å². The van der Waals surface area contributed by atoms with Crippen LogP contribution in [0.3, 0.4) is 0 Å². The van der Waals surface area contributed by atoms with Crippen LogP contribution in [0.1, 0.15) is 105 Å². The number of rotatable bonds is 2. The van der Waals surface area contributed by atoms with Crippen LogP contribution in [0, 0.1) is 0 Å². The molecule has 224 valence electrons. The molecule has 0 spiro atoms. The van der Waals surface area contributed by atoms with E-state index in [1.54, 1.807) is 0 Å². The summed E-state index contributed by atoms with van der Waals surface area (Å²) < 4.78 is 24.4. The topological polar surface area (TPSA) is 165 Å². The zero-order valence-electron chi connectivity index (χ0n) is 25.3. The predicted octanol–water partition coefficient (Wildman–Crippen LogP) is 6.81. The number of hydrogen-bond acceptors (Lipinski definition) is 3. The van der Waals surface area contributed by atoms with E-state index in [-0.39, 0.29) is 21.7 Å². The molecule has 0 heterocycles. The van der Waals surface area contributed by atoms with Crippen molar-refractivity contribution >= 4 is 15.6 Å². The highest BCUT2D eigenvalue weighted by Crippen LogP contribution is 2.41. The maximum atomic E-state index is 8.88. The summed E-state index contributed by atoms with van der Waals surface area (Å²) in [5, 5.41) is 0. The van der Waals surface area contributed by atoms with Gasteiger partial charge in [0.1, 0.15) is 11.5 Å². The molecule has 2 aromatic carbocycles. The van der Waals surface area contributed by atoms with Gasteiger partial charge in [-0.25, -0.2) is 9.13 Å². The first-order chi connectivity index (χ1) is 16.9. The Labute approximate surface area is 233 Å². The molecule has 0 aliphatic rings. The highest BCUT2D eigenvalue weighted by molar-refractivity contribution is 7.45. The summed E-state index contributed by atoms with van der Waals surface area (Å²) in [5.41, 5.74) is 5.43. The van der Waals surface area contributed by atoms with E-state index in [1.807, 2.05) is 0 Å². The molecule has 2 aromatic rings. The summed E-state index contributed by atoms with van der Waals surface area (Å²) >= 11 is 0. The van der Waals surface area contributed by atoms with Gasteiger partial charge in [-0.2, -0.15) is 0 Å². The second-order valence-electron chi connectivity index (χ2n) is 13.6. The van der Waals surface area contributed by atoms with Gasteiger partial charge in [-0.1, -0.05) is 107 Å². The molecule has 0 fully saturated rings. The monoisotopic (exact) mass is 590 g/mol. The molecular formula is C28H48O9P2. The van der Waals surface area contributed by atoms with Gasteiger partial charge in [-0.3, -0.25) is 0 Å². The molecule has 0 saturated carbocycles. The Morgan fingerprint density at radius 1 is 0.487 bits per heavy atom. The third-order valence-corrected chi connectivity index (χ3v) is 5.53. The van der Waals surface area contributed by atoms with E-state index in [0.29, 0.717) is 0 Å². The first-order valence-electron chi connectivity index (χ1n) is 12.4. The Balaban J connectivity index is 0.00000123. The third kappa shape index (κ3) is 15.7. The van der Waals surface area contributed by atoms with Crippen LogP contribution in [0.4, 0.5) is 0 Å². The average molecular weight is 591 g/mol. The van der Waals surface area contributed by atoms with Crippen molar-refractivity contribution in [2.24, 2.45) is 0 Å². The highest BCUT2D eigenvalue weighted by Gasteiger charge is 2.26. The van der Waals surface area contributed by atoms with Gasteiger partial charge < -0.3 is 34.1 Å².